The SMILES string of the molecule is COc1cccc(Cc2ccn3nc(C(C)Nc4ncnc(N)c4C#N)n(-c4ccccc4)c(=O)c23)c1. The maximum atomic E-state index is 14.0. The van der Waals surface area contributed by atoms with E-state index in [1.807, 2.05) is 73.7 Å². The van der Waals surface area contributed by atoms with Crippen molar-refractivity contribution in [2.45, 2.75) is 19.4 Å². The molecule has 0 aliphatic carbocycles. The number of hydrogen-bond acceptors (Lipinski definition) is 8. The van der Waals surface area contributed by atoms with Crippen LogP contribution in [-0.2, 0) is 6.42 Å². The zero-order valence-electron chi connectivity index (χ0n) is 20.3. The highest BCUT2D eigenvalue weighted by Crippen LogP contribution is 2.24. The summed E-state index contributed by atoms with van der Waals surface area (Å²) in [6, 6.07) is 20.5. The molecule has 5 aromatic rings. The molecule has 10 nitrogen and oxygen atoms in total. The van der Waals surface area contributed by atoms with Crippen LogP contribution in [0.1, 0.15) is 35.5 Å². The van der Waals surface area contributed by atoms with Gasteiger partial charge in [-0.25, -0.2) is 14.5 Å². The fourth-order valence-corrected chi connectivity index (χ4v) is 4.29. The van der Waals surface area contributed by atoms with E-state index in [4.69, 9.17) is 15.6 Å². The lowest BCUT2D eigenvalue weighted by molar-refractivity contribution is 0.414. The molecule has 1 atom stereocenters. The van der Waals surface area contributed by atoms with E-state index in [0.717, 1.165) is 16.9 Å². The van der Waals surface area contributed by atoms with Gasteiger partial charge in [-0.05, 0) is 54.8 Å². The third kappa shape index (κ3) is 4.46. The largest absolute Gasteiger partial charge is 0.497 e. The molecule has 3 heterocycles. The number of benzene rings is 2. The third-order valence-corrected chi connectivity index (χ3v) is 6.07. The number of para-hydroxylation sites is 1. The molecule has 0 radical (unpaired) electrons. The molecular weight excluding hydrogens is 468 g/mol. The van der Waals surface area contributed by atoms with Crippen LogP contribution in [-0.4, -0.2) is 31.3 Å². The summed E-state index contributed by atoms with van der Waals surface area (Å²) in [7, 11) is 1.63. The van der Waals surface area contributed by atoms with Gasteiger partial charge in [0.1, 0.15) is 40.9 Å². The van der Waals surface area contributed by atoms with E-state index in [1.54, 1.807) is 22.4 Å². The number of aromatic nitrogens is 5. The summed E-state index contributed by atoms with van der Waals surface area (Å²) in [4.78, 5) is 22.1. The van der Waals surface area contributed by atoms with Gasteiger partial charge in [0.25, 0.3) is 5.56 Å². The molecule has 0 aliphatic heterocycles. The van der Waals surface area contributed by atoms with Gasteiger partial charge in [0.15, 0.2) is 5.82 Å². The van der Waals surface area contributed by atoms with Crippen molar-refractivity contribution in [2.24, 2.45) is 0 Å². The smallest absolute Gasteiger partial charge is 0.282 e. The number of fused-ring (bicyclic) bond motifs is 1. The molecule has 1 unspecified atom stereocenters. The van der Waals surface area contributed by atoms with Crippen LogP contribution < -0.4 is 21.3 Å². The maximum Gasteiger partial charge on any atom is 0.282 e. The Morgan fingerprint density at radius 3 is 2.70 bits per heavy atom. The van der Waals surface area contributed by atoms with Crippen LogP contribution in [0.15, 0.2) is 78.0 Å². The molecular formula is C27H24N8O2. The fourth-order valence-electron chi connectivity index (χ4n) is 4.29. The van der Waals surface area contributed by atoms with Crippen molar-refractivity contribution in [3.05, 3.63) is 106 Å². The summed E-state index contributed by atoms with van der Waals surface area (Å²) in [6.07, 6.45) is 3.60. The summed E-state index contributed by atoms with van der Waals surface area (Å²) in [6.45, 7) is 1.84. The molecule has 184 valence electrons. The van der Waals surface area contributed by atoms with E-state index in [1.165, 1.54) is 6.33 Å². The van der Waals surface area contributed by atoms with Gasteiger partial charge in [0, 0.05) is 6.20 Å². The molecule has 0 amide bonds. The van der Waals surface area contributed by atoms with E-state index in [0.29, 0.717) is 23.4 Å². The summed E-state index contributed by atoms with van der Waals surface area (Å²) < 4.78 is 8.53. The number of ether oxygens (including phenoxy) is 1. The molecule has 0 saturated carbocycles. The lowest BCUT2D eigenvalue weighted by Crippen LogP contribution is -2.30. The van der Waals surface area contributed by atoms with Crippen LogP contribution in [0, 0.1) is 11.3 Å². The van der Waals surface area contributed by atoms with E-state index in [9.17, 15) is 10.1 Å². The molecule has 0 saturated heterocycles. The van der Waals surface area contributed by atoms with Gasteiger partial charge < -0.3 is 15.8 Å². The minimum absolute atomic E-state index is 0.0728. The zero-order valence-corrected chi connectivity index (χ0v) is 20.3. The van der Waals surface area contributed by atoms with Crippen molar-refractivity contribution in [3.63, 3.8) is 0 Å². The monoisotopic (exact) mass is 492 g/mol. The first-order valence-corrected chi connectivity index (χ1v) is 11.6. The van der Waals surface area contributed by atoms with Crippen molar-refractivity contribution in [1.29, 1.82) is 5.26 Å². The molecule has 10 heteroatoms. The quantitative estimate of drug-likeness (QED) is 0.352. The average molecular weight is 493 g/mol. The Hall–Kier alpha value is -5.17. The van der Waals surface area contributed by atoms with E-state index in [2.05, 4.69) is 15.3 Å². The Balaban J connectivity index is 1.64. The van der Waals surface area contributed by atoms with Crippen molar-refractivity contribution in [2.75, 3.05) is 18.2 Å². The zero-order chi connectivity index (χ0) is 25.9. The standard InChI is InChI=1S/C27H24N8O2/c1-17(32-25-22(15-28)24(29)30-16-31-25)26-33-34-12-11-19(13-18-7-6-10-21(14-18)37-2)23(34)27(36)35(26)20-8-4-3-5-9-20/h3-12,14,16-17H,13H2,1-2H3,(H3,29,30,31,32). The Morgan fingerprint density at radius 2 is 1.95 bits per heavy atom. The first kappa shape index (κ1) is 23.6. The second kappa shape index (κ2) is 9.83. The first-order valence-electron chi connectivity index (χ1n) is 11.6. The highest BCUT2D eigenvalue weighted by Gasteiger charge is 2.22. The second-order valence-electron chi connectivity index (χ2n) is 8.46. The van der Waals surface area contributed by atoms with Crippen LogP contribution in [0.2, 0.25) is 0 Å². The maximum absolute atomic E-state index is 14.0. The van der Waals surface area contributed by atoms with Gasteiger partial charge in [0.05, 0.1) is 18.8 Å². The number of methoxy groups -OCH3 is 1. The molecule has 0 aliphatic rings. The van der Waals surface area contributed by atoms with Crippen LogP contribution in [0.25, 0.3) is 11.2 Å². The summed E-state index contributed by atoms with van der Waals surface area (Å²) in [5.41, 5.74) is 8.78. The number of nitriles is 1. The predicted molar refractivity (Wildman–Crippen MR) is 140 cm³/mol. The van der Waals surface area contributed by atoms with Crippen molar-refractivity contribution in [1.82, 2.24) is 24.1 Å². The second-order valence-corrected chi connectivity index (χ2v) is 8.46. The highest BCUT2D eigenvalue weighted by atomic mass is 16.5. The van der Waals surface area contributed by atoms with Crippen LogP contribution >= 0.6 is 0 Å². The molecule has 37 heavy (non-hydrogen) atoms. The van der Waals surface area contributed by atoms with Gasteiger partial charge in [0.2, 0.25) is 0 Å². The van der Waals surface area contributed by atoms with E-state index >= 15 is 0 Å². The Kier molecular flexibility index (Phi) is 6.26. The van der Waals surface area contributed by atoms with Crippen molar-refractivity contribution < 1.29 is 4.74 Å². The van der Waals surface area contributed by atoms with Gasteiger partial charge in [-0.1, -0.05) is 30.3 Å². The average Bonchev–Trinajstić information content (AvgIpc) is 3.32. The summed E-state index contributed by atoms with van der Waals surface area (Å²) >= 11 is 0. The molecule has 0 bridgehead atoms. The van der Waals surface area contributed by atoms with Crippen LogP contribution in [0.5, 0.6) is 5.75 Å². The van der Waals surface area contributed by atoms with Crippen LogP contribution in [0.3, 0.4) is 0 Å². The number of nitrogens with two attached hydrogens (primary N) is 1. The molecule has 0 fully saturated rings. The minimum atomic E-state index is -0.511. The molecule has 2 aromatic carbocycles. The number of anilines is 2. The summed E-state index contributed by atoms with van der Waals surface area (Å²) in [5.74, 6) is 1.53. The van der Waals surface area contributed by atoms with Gasteiger partial charge in [-0.15, -0.1) is 0 Å². The van der Waals surface area contributed by atoms with Gasteiger partial charge >= 0.3 is 0 Å². The lowest BCUT2D eigenvalue weighted by atomic mass is 10.1. The Labute approximate surface area is 212 Å². The van der Waals surface area contributed by atoms with Crippen molar-refractivity contribution in [3.8, 4) is 17.5 Å². The van der Waals surface area contributed by atoms with E-state index < -0.39 is 6.04 Å². The number of nitrogen functional groups attached to an aromatic ring is 1. The number of rotatable bonds is 7. The number of nitrogens with zero attached hydrogens (tertiary/aromatic N) is 6. The fraction of sp³-hybridized carbons (Fsp3) is 0.148. The highest BCUT2D eigenvalue weighted by molar-refractivity contribution is 5.62. The topological polar surface area (TPSA) is 136 Å². The molecule has 0 spiro atoms. The van der Waals surface area contributed by atoms with Crippen molar-refractivity contribution >= 4 is 17.2 Å². The van der Waals surface area contributed by atoms with Crippen LogP contribution in [0.4, 0.5) is 11.6 Å². The van der Waals surface area contributed by atoms with E-state index in [-0.39, 0.29) is 22.8 Å². The number of nitrogens with one attached hydrogen (secondary N) is 1. The van der Waals surface area contributed by atoms with Gasteiger partial charge in [-0.2, -0.15) is 10.4 Å². The lowest BCUT2D eigenvalue weighted by Gasteiger charge is -2.20. The third-order valence-electron chi connectivity index (χ3n) is 6.07. The molecule has 3 aromatic heterocycles. The normalized spacial score (nSPS) is 11.7. The number of hydrogen-bond donors (Lipinski definition) is 2. The minimum Gasteiger partial charge on any atom is -0.497 e. The first-order chi connectivity index (χ1) is 18.0. The Bertz CT molecular complexity index is 1690. The molecule has 3 N–H and O–H groups in total. The van der Waals surface area contributed by atoms with Gasteiger partial charge in [-0.3, -0.25) is 9.36 Å². The Morgan fingerprint density at radius 1 is 1.14 bits per heavy atom. The predicted octanol–water partition coefficient (Wildman–Crippen LogP) is 3.50. The molecule has 5 rings (SSSR count). The summed E-state index contributed by atoms with van der Waals surface area (Å²) in [5, 5.41) is 17.5.